The summed E-state index contributed by atoms with van der Waals surface area (Å²) in [5, 5.41) is 0.564. The fraction of sp³-hybridized carbons (Fsp3) is 0.111. The molecule has 1 aliphatic rings. The number of benzene rings is 7. The van der Waals surface area contributed by atoms with E-state index in [1.54, 1.807) is 36.4 Å². The SMILES string of the molecule is Cc1ccc(C#Cc2c(Cn3c(C#Cc4ccc(C)cc4)c(S(=O)(=O)c4ccc(C)cc4)c4ccccc43)ccc3c2-c2ccccc2N(S(=O)(=O)c2ccc(C)cc2)C3)cc1. The highest BCUT2D eigenvalue weighted by Gasteiger charge is 2.34. The molecular weight excluding hydrogens is 805 g/mol. The van der Waals surface area contributed by atoms with E-state index in [0.717, 1.165) is 61.2 Å². The van der Waals surface area contributed by atoms with Gasteiger partial charge in [0, 0.05) is 33.2 Å². The third-order valence-electron chi connectivity index (χ3n) is 11.4. The van der Waals surface area contributed by atoms with Crippen molar-refractivity contribution in [1.82, 2.24) is 4.57 Å². The van der Waals surface area contributed by atoms with Crippen molar-refractivity contribution in [3.05, 3.63) is 213 Å². The minimum Gasteiger partial charge on any atom is -0.328 e. The number of aryl methyl sites for hydroxylation is 4. The van der Waals surface area contributed by atoms with Crippen molar-refractivity contribution in [2.45, 2.75) is 55.5 Å². The molecule has 0 amide bonds. The smallest absolute Gasteiger partial charge is 0.264 e. The topological polar surface area (TPSA) is 76.5 Å². The van der Waals surface area contributed by atoms with Crippen LogP contribution in [0.5, 0.6) is 0 Å². The molecule has 0 spiro atoms. The van der Waals surface area contributed by atoms with Gasteiger partial charge in [0.05, 0.1) is 34.1 Å². The van der Waals surface area contributed by atoms with Crippen LogP contribution >= 0.6 is 0 Å². The molecule has 0 saturated heterocycles. The first-order valence-electron chi connectivity index (χ1n) is 20.3. The van der Waals surface area contributed by atoms with Crippen molar-refractivity contribution in [3.8, 4) is 34.8 Å². The summed E-state index contributed by atoms with van der Waals surface area (Å²) in [6.45, 7) is 8.22. The highest BCUT2D eigenvalue weighted by Crippen LogP contribution is 2.45. The second-order valence-corrected chi connectivity index (χ2v) is 19.6. The van der Waals surface area contributed by atoms with E-state index in [0.29, 0.717) is 22.3 Å². The van der Waals surface area contributed by atoms with Gasteiger partial charge in [-0.2, -0.15) is 0 Å². The maximum atomic E-state index is 14.9. The van der Waals surface area contributed by atoms with Crippen molar-refractivity contribution in [2.24, 2.45) is 0 Å². The molecule has 62 heavy (non-hydrogen) atoms. The summed E-state index contributed by atoms with van der Waals surface area (Å²) in [7, 11) is -8.01. The first-order chi connectivity index (χ1) is 29.9. The zero-order valence-corrected chi connectivity index (χ0v) is 36.4. The monoisotopic (exact) mass is 846 g/mol. The van der Waals surface area contributed by atoms with E-state index in [1.165, 1.54) is 4.31 Å². The molecule has 6 nitrogen and oxygen atoms in total. The van der Waals surface area contributed by atoms with Crippen LogP contribution < -0.4 is 4.31 Å². The Bertz CT molecular complexity index is 3400. The van der Waals surface area contributed by atoms with Crippen LogP contribution in [0.1, 0.15) is 55.8 Å². The molecule has 304 valence electrons. The van der Waals surface area contributed by atoms with E-state index in [-0.39, 0.29) is 27.8 Å². The van der Waals surface area contributed by atoms with Gasteiger partial charge in [-0.05, 0) is 105 Å². The van der Waals surface area contributed by atoms with Crippen LogP contribution in [0.3, 0.4) is 0 Å². The van der Waals surface area contributed by atoms with Gasteiger partial charge < -0.3 is 4.57 Å². The lowest BCUT2D eigenvalue weighted by Gasteiger charge is -2.33. The average molecular weight is 847 g/mol. The highest BCUT2D eigenvalue weighted by molar-refractivity contribution is 7.93. The molecule has 8 aromatic rings. The van der Waals surface area contributed by atoms with Crippen LogP contribution in [0.25, 0.3) is 22.0 Å². The first kappa shape index (κ1) is 40.3. The minimum absolute atomic E-state index is 0.0979. The van der Waals surface area contributed by atoms with Crippen LogP contribution in [0.2, 0.25) is 0 Å². The maximum absolute atomic E-state index is 14.9. The predicted molar refractivity (Wildman–Crippen MR) is 248 cm³/mol. The second kappa shape index (κ2) is 16.1. The molecule has 1 aliphatic heterocycles. The maximum Gasteiger partial charge on any atom is 0.264 e. The summed E-state index contributed by atoms with van der Waals surface area (Å²) in [6, 6.07) is 48.7. The number of sulfonamides is 1. The molecule has 0 bridgehead atoms. The number of sulfone groups is 1. The van der Waals surface area contributed by atoms with Crippen LogP contribution in [0.15, 0.2) is 172 Å². The lowest BCUT2D eigenvalue weighted by molar-refractivity contribution is 0.589. The van der Waals surface area contributed by atoms with Crippen LogP contribution in [-0.2, 0) is 33.0 Å². The Hall–Kier alpha value is -7.10. The number of aromatic nitrogens is 1. The van der Waals surface area contributed by atoms with Gasteiger partial charge in [-0.15, -0.1) is 0 Å². The third kappa shape index (κ3) is 7.49. The van der Waals surface area contributed by atoms with E-state index in [4.69, 9.17) is 0 Å². The summed E-state index contributed by atoms with van der Waals surface area (Å²) in [5.74, 6) is 13.6. The summed E-state index contributed by atoms with van der Waals surface area (Å²) >= 11 is 0. The van der Waals surface area contributed by atoms with Gasteiger partial charge >= 0.3 is 0 Å². The number of fused-ring (bicyclic) bond motifs is 4. The van der Waals surface area contributed by atoms with Gasteiger partial charge in [0.1, 0.15) is 10.6 Å². The molecule has 8 heteroatoms. The predicted octanol–water partition coefficient (Wildman–Crippen LogP) is 10.9. The highest BCUT2D eigenvalue weighted by atomic mass is 32.2. The molecule has 2 heterocycles. The molecule has 0 aliphatic carbocycles. The summed E-state index contributed by atoms with van der Waals surface area (Å²) in [5.41, 5.74) is 11.3. The van der Waals surface area contributed by atoms with Gasteiger partial charge in [-0.1, -0.05) is 137 Å². The van der Waals surface area contributed by atoms with E-state index in [9.17, 15) is 16.8 Å². The largest absolute Gasteiger partial charge is 0.328 e. The van der Waals surface area contributed by atoms with Gasteiger partial charge in [-0.3, -0.25) is 4.31 Å². The van der Waals surface area contributed by atoms with E-state index >= 15 is 0 Å². The molecule has 9 rings (SSSR count). The zero-order valence-electron chi connectivity index (χ0n) is 34.8. The Labute approximate surface area is 364 Å². The molecule has 0 atom stereocenters. The quantitative estimate of drug-likeness (QED) is 0.156. The normalized spacial score (nSPS) is 12.2. The molecule has 1 aromatic heterocycles. The fourth-order valence-electron chi connectivity index (χ4n) is 7.97. The summed E-state index contributed by atoms with van der Waals surface area (Å²) < 4.78 is 61.9. The molecule has 0 radical (unpaired) electrons. The first-order valence-corrected chi connectivity index (χ1v) is 23.2. The van der Waals surface area contributed by atoms with Gasteiger partial charge in [0.2, 0.25) is 9.84 Å². The number of anilines is 1. The number of para-hydroxylation sites is 2. The van der Waals surface area contributed by atoms with Gasteiger partial charge in [0.15, 0.2) is 0 Å². The molecular formula is C54H42N2O4S2. The van der Waals surface area contributed by atoms with Crippen LogP contribution in [0.4, 0.5) is 5.69 Å². The lowest BCUT2D eigenvalue weighted by atomic mass is 9.87. The zero-order chi connectivity index (χ0) is 43.2. The van der Waals surface area contributed by atoms with Crippen molar-refractivity contribution >= 4 is 36.5 Å². The average Bonchev–Trinajstić information content (AvgIpc) is 3.59. The van der Waals surface area contributed by atoms with Gasteiger partial charge in [-0.25, -0.2) is 16.8 Å². The summed E-state index contributed by atoms with van der Waals surface area (Å²) in [4.78, 5) is 0.543. The Kier molecular flexibility index (Phi) is 10.4. The molecule has 7 aromatic carbocycles. The van der Waals surface area contributed by atoms with Crippen molar-refractivity contribution < 1.29 is 16.8 Å². The molecule has 0 saturated carbocycles. The standard InChI is InChI=1S/C54H42N2O4S2/c1-37-13-21-41(22-14-37)25-33-47-43(27-28-44-36-56(51-12-8-5-9-48(51)53(44)47)62(59,60)46-31-19-40(4)20-32-46)35-55-50-11-7-6-10-49(50)54(61(57,58)45-29-17-39(3)18-30-45)52(55)34-26-42-23-15-38(2)16-24-42/h5-24,27-32H,35-36H2,1-4H3. The minimum atomic E-state index is -4.07. The number of hydrogen-bond acceptors (Lipinski definition) is 4. The van der Waals surface area contributed by atoms with Crippen LogP contribution in [0, 0.1) is 51.4 Å². The lowest BCUT2D eigenvalue weighted by Crippen LogP contribution is -2.33. The Morgan fingerprint density at radius 3 is 1.69 bits per heavy atom. The van der Waals surface area contributed by atoms with E-state index in [2.05, 4.69) is 23.7 Å². The summed E-state index contributed by atoms with van der Waals surface area (Å²) in [6.07, 6.45) is 0. The van der Waals surface area contributed by atoms with E-state index < -0.39 is 19.9 Å². The third-order valence-corrected chi connectivity index (χ3v) is 15.0. The van der Waals surface area contributed by atoms with Crippen LogP contribution in [-0.4, -0.2) is 21.4 Å². The Morgan fingerprint density at radius 2 is 1.06 bits per heavy atom. The number of nitrogens with zero attached hydrogens (tertiary/aromatic N) is 2. The molecule has 0 unspecified atom stereocenters. The Balaban J connectivity index is 1.28. The molecule has 0 N–H and O–H groups in total. The van der Waals surface area contributed by atoms with Crippen molar-refractivity contribution in [3.63, 3.8) is 0 Å². The van der Waals surface area contributed by atoms with Crippen molar-refractivity contribution in [2.75, 3.05) is 4.31 Å². The van der Waals surface area contributed by atoms with Crippen molar-refractivity contribution in [1.29, 1.82) is 0 Å². The number of rotatable bonds is 6. The molecule has 0 fully saturated rings. The Morgan fingerprint density at radius 1 is 0.532 bits per heavy atom. The number of hydrogen-bond donors (Lipinski definition) is 0. The van der Waals surface area contributed by atoms with E-state index in [1.807, 2.05) is 154 Å². The second-order valence-electron chi connectivity index (χ2n) is 15.8. The fourth-order valence-corrected chi connectivity index (χ4v) is 11.0. The van der Waals surface area contributed by atoms with Gasteiger partial charge in [0.25, 0.3) is 10.0 Å².